The van der Waals surface area contributed by atoms with Crippen LogP contribution in [0.25, 0.3) is 0 Å². The van der Waals surface area contributed by atoms with Crippen molar-refractivity contribution in [2.24, 2.45) is 0 Å². The Kier molecular flexibility index (Phi) is 4.20. The SMILES string of the molecule is COC(=O)c1ccc(C(O)c2c(F)cc(Br)cc2F)o1. The third-order valence-electron chi connectivity index (χ3n) is 2.60. The Hall–Kier alpha value is -1.73. The second kappa shape index (κ2) is 5.72. The third kappa shape index (κ3) is 2.73. The van der Waals surface area contributed by atoms with E-state index in [1.54, 1.807) is 0 Å². The Bertz CT molecular complexity index is 631. The summed E-state index contributed by atoms with van der Waals surface area (Å²) < 4.78 is 37.1. The second-order valence-electron chi connectivity index (χ2n) is 3.88. The Morgan fingerprint density at radius 1 is 1.35 bits per heavy atom. The van der Waals surface area contributed by atoms with Crippen molar-refractivity contribution in [2.75, 3.05) is 7.11 Å². The molecule has 1 aromatic carbocycles. The van der Waals surface area contributed by atoms with Gasteiger partial charge in [-0.15, -0.1) is 0 Å². The molecule has 0 bridgehead atoms. The zero-order valence-electron chi connectivity index (χ0n) is 10.2. The summed E-state index contributed by atoms with van der Waals surface area (Å²) >= 11 is 2.94. The lowest BCUT2D eigenvalue weighted by atomic mass is 10.1. The largest absolute Gasteiger partial charge is 0.463 e. The summed E-state index contributed by atoms with van der Waals surface area (Å²) in [6, 6.07) is 4.54. The van der Waals surface area contributed by atoms with E-state index < -0.39 is 29.3 Å². The molecule has 7 heteroatoms. The number of esters is 1. The first-order valence-corrected chi connectivity index (χ1v) is 6.24. The number of carbonyl (C=O) groups excluding carboxylic acids is 1. The van der Waals surface area contributed by atoms with Gasteiger partial charge >= 0.3 is 5.97 Å². The van der Waals surface area contributed by atoms with E-state index in [2.05, 4.69) is 20.7 Å². The molecule has 0 saturated carbocycles. The highest BCUT2D eigenvalue weighted by molar-refractivity contribution is 9.10. The summed E-state index contributed by atoms with van der Waals surface area (Å²) in [5.41, 5.74) is -0.557. The first-order chi connectivity index (χ1) is 9.43. The maximum absolute atomic E-state index is 13.7. The first kappa shape index (κ1) is 14.7. The van der Waals surface area contributed by atoms with Gasteiger partial charge in [0.25, 0.3) is 0 Å². The van der Waals surface area contributed by atoms with E-state index in [9.17, 15) is 18.7 Å². The number of methoxy groups -OCH3 is 1. The lowest BCUT2D eigenvalue weighted by molar-refractivity contribution is 0.0557. The van der Waals surface area contributed by atoms with Crippen molar-refractivity contribution >= 4 is 21.9 Å². The lowest BCUT2D eigenvalue weighted by Crippen LogP contribution is -2.05. The molecule has 0 spiro atoms. The van der Waals surface area contributed by atoms with Crippen LogP contribution >= 0.6 is 15.9 Å². The van der Waals surface area contributed by atoms with Crippen LogP contribution in [0, 0.1) is 11.6 Å². The molecule has 2 rings (SSSR count). The molecule has 0 saturated heterocycles. The molecule has 1 aromatic heterocycles. The lowest BCUT2D eigenvalue weighted by Gasteiger charge is -2.11. The fraction of sp³-hybridized carbons (Fsp3) is 0.154. The number of hydrogen-bond donors (Lipinski definition) is 1. The quantitative estimate of drug-likeness (QED) is 0.867. The topological polar surface area (TPSA) is 59.7 Å². The summed E-state index contributed by atoms with van der Waals surface area (Å²) in [4.78, 5) is 11.2. The van der Waals surface area contributed by atoms with Gasteiger partial charge in [-0.3, -0.25) is 0 Å². The fourth-order valence-corrected chi connectivity index (χ4v) is 2.07. The molecule has 0 aliphatic rings. The van der Waals surface area contributed by atoms with Gasteiger partial charge in [0.05, 0.1) is 12.7 Å². The van der Waals surface area contributed by atoms with Crippen molar-refractivity contribution in [3.8, 4) is 0 Å². The van der Waals surface area contributed by atoms with Gasteiger partial charge in [-0.2, -0.15) is 0 Å². The summed E-state index contributed by atoms with van der Waals surface area (Å²) in [5, 5.41) is 9.97. The van der Waals surface area contributed by atoms with Crippen molar-refractivity contribution in [3.63, 3.8) is 0 Å². The van der Waals surface area contributed by atoms with Crippen molar-refractivity contribution < 1.29 is 27.8 Å². The van der Waals surface area contributed by atoms with Crippen LogP contribution in [-0.4, -0.2) is 18.2 Å². The molecule has 106 valence electrons. The van der Waals surface area contributed by atoms with Gasteiger partial charge in [0.15, 0.2) is 0 Å². The summed E-state index contributed by atoms with van der Waals surface area (Å²) in [7, 11) is 1.16. The van der Waals surface area contributed by atoms with Crippen LogP contribution in [-0.2, 0) is 4.74 Å². The average molecular weight is 347 g/mol. The predicted octanol–water partition coefficient (Wildman–Crippen LogP) is 3.19. The van der Waals surface area contributed by atoms with Crippen LogP contribution in [0.3, 0.4) is 0 Å². The minimum Gasteiger partial charge on any atom is -0.463 e. The van der Waals surface area contributed by atoms with Gasteiger partial charge in [0, 0.05) is 4.47 Å². The smallest absolute Gasteiger partial charge is 0.373 e. The van der Waals surface area contributed by atoms with Crippen LogP contribution in [0.1, 0.15) is 28.0 Å². The van der Waals surface area contributed by atoms with Gasteiger partial charge in [0.2, 0.25) is 5.76 Å². The van der Waals surface area contributed by atoms with Gasteiger partial charge in [0.1, 0.15) is 23.5 Å². The molecule has 1 unspecified atom stereocenters. The van der Waals surface area contributed by atoms with Crippen LogP contribution in [0.2, 0.25) is 0 Å². The van der Waals surface area contributed by atoms with Crippen LogP contribution < -0.4 is 0 Å². The number of hydrogen-bond acceptors (Lipinski definition) is 4. The van der Waals surface area contributed by atoms with Gasteiger partial charge in [-0.25, -0.2) is 13.6 Å². The molecule has 1 heterocycles. The van der Waals surface area contributed by atoms with Crippen molar-refractivity contribution in [2.45, 2.75) is 6.10 Å². The maximum Gasteiger partial charge on any atom is 0.373 e. The Morgan fingerprint density at radius 2 is 1.95 bits per heavy atom. The fourth-order valence-electron chi connectivity index (χ4n) is 1.67. The van der Waals surface area contributed by atoms with E-state index in [1.807, 2.05) is 0 Å². The third-order valence-corrected chi connectivity index (χ3v) is 3.06. The normalized spacial score (nSPS) is 12.2. The van der Waals surface area contributed by atoms with Gasteiger partial charge in [-0.05, 0) is 24.3 Å². The predicted molar refractivity (Wildman–Crippen MR) is 68.2 cm³/mol. The van der Waals surface area contributed by atoms with Crippen LogP contribution in [0.5, 0.6) is 0 Å². The van der Waals surface area contributed by atoms with Crippen molar-refractivity contribution in [1.29, 1.82) is 0 Å². The summed E-state index contributed by atoms with van der Waals surface area (Å²) in [6.45, 7) is 0. The highest BCUT2D eigenvalue weighted by Gasteiger charge is 2.24. The van der Waals surface area contributed by atoms with Crippen molar-refractivity contribution in [1.82, 2.24) is 0 Å². The molecule has 2 aromatic rings. The Labute approximate surface area is 121 Å². The molecule has 0 aliphatic heterocycles. The van der Waals surface area contributed by atoms with Crippen LogP contribution in [0.4, 0.5) is 8.78 Å². The number of aliphatic hydroxyl groups excluding tert-OH is 1. The van der Waals surface area contributed by atoms with E-state index in [4.69, 9.17) is 4.42 Å². The molecule has 20 heavy (non-hydrogen) atoms. The van der Waals surface area contributed by atoms with E-state index in [0.29, 0.717) is 0 Å². The van der Waals surface area contributed by atoms with Crippen molar-refractivity contribution in [3.05, 3.63) is 57.5 Å². The van der Waals surface area contributed by atoms with Gasteiger partial charge < -0.3 is 14.3 Å². The molecule has 0 radical (unpaired) electrons. The second-order valence-corrected chi connectivity index (χ2v) is 4.79. The number of furan rings is 1. The number of ether oxygens (including phenoxy) is 1. The Morgan fingerprint density at radius 3 is 2.50 bits per heavy atom. The monoisotopic (exact) mass is 346 g/mol. The number of rotatable bonds is 3. The van der Waals surface area contributed by atoms with Crippen LogP contribution in [0.15, 0.2) is 33.2 Å². The minimum absolute atomic E-state index is 0.162. The molecular weight excluding hydrogens is 338 g/mol. The summed E-state index contributed by atoms with van der Waals surface area (Å²) in [5.74, 6) is -2.94. The number of carbonyl (C=O) groups is 1. The van der Waals surface area contributed by atoms with Gasteiger partial charge in [-0.1, -0.05) is 15.9 Å². The molecule has 0 aliphatic carbocycles. The number of halogens is 3. The van der Waals surface area contributed by atoms with E-state index >= 15 is 0 Å². The molecule has 4 nitrogen and oxygen atoms in total. The van der Waals surface area contributed by atoms with E-state index in [1.165, 1.54) is 12.1 Å². The van der Waals surface area contributed by atoms with E-state index in [-0.39, 0.29) is 16.0 Å². The Balaban J connectivity index is 2.39. The number of benzene rings is 1. The zero-order valence-corrected chi connectivity index (χ0v) is 11.8. The first-order valence-electron chi connectivity index (χ1n) is 5.44. The highest BCUT2D eigenvalue weighted by atomic mass is 79.9. The molecule has 1 atom stereocenters. The molecular formula is C13H9BrF2O4. The molecule has 0 amide bonds. The maximum atomic E-state index is 13.7. The number of aliphatic hydroxyl groups is 1. The minimum atomic E-state index is -1.67. The summed E-state index contributed by atoms with van der Waals surface area (Å²) in [6.07, 6.45) is -1.67. The van der Waals surface area contributed by atoms with E-state index in [0.717, 1.165) is 19.2 Å². The zero-order chi connectivity index (χ0) is 14.9. The molecule has 0 fully saturated rings. The average Bonchev–Trinajstić information content (AvgIpc) is 2.86. The molecule has 1 N–H and O–H groups in total. The standard InChI is InChI=1S/C13H9BrF2O4/c1-19-13(18)10-3-2-9(20-10)12(17)11-7(15)4-6(14)5-8(11)16/h2-5,12,17H,1H3. The highest BCUT2D eigenvalue weighted by Crippen LogP contribution is 2.30.